The minimum atomic E-state index is 0.622. The van der Waals surface area contributed by atoms with Crippen LogP contribution in [0.15, 0.2) is 18.2 Å². The fourth-order valence-electron chi connectivity index (χ4n) is 1.41. The molecular formula is C14H23Cl2N. The SMILES string of the molecule is CC.CC1CCNC1.Cc1cccc(Cl)c1Cl. The molecule has 17 heavy (non-hydrogen) atoms. The van der Waals surface area contributed by atoms with Crippen LogP contribution in [0.1, 0.15) is 32.8 Å². The van der Waals surface area contributed by atoms with Gasteiger partial charge in [-0.1, -0.05) is 56.1 Å². The first-order valence-electron chi connectivity index (χ1n) is 6.22. The van der Waals surface area contributed by atoms with Crippen LogP contribution in [0.2, 0.25) is 10.0 Å². The van der Waals surface area contributed by atoms with Gasteiger partial charge in [-0.25, -0.2) is 0 Å². The second kappa shape index (κ2) is 9.76. The highest BCUT2D eigenvalue weighted by atomic mass is 35.5. The van der Waals surface area contributed by atoms with Gasteiger partial charge >= 0.3 is 0 Å². The zero-order valence-electron chi connectivity index (χ0n) is 11.2. The first kappa shape index (κ1) is 16.8. The van der Waals surface area contributed by atoms with E-state index in [0.717, 1.165) is 11.5 Å². The van der Waals surface area contributed by atoms with E-state index in [1.807, 2.05) is 32.9 Å². The smallest absolute Gasteiger partial charge is 0.0621 e. The fourth-order valence-corrected chi connectivity index (χ4v) is 1.76. The molecule has 3 heteroatoms. The van der Waals surface area contributed by atoms with Gasteiger partial charge in [0.2, 0.25) is 0 Å². The lowest BCUT2D eigenvalue weighted by Gasteiger charge is -1.96. The second-order valence-electron chi connectivity index (χ2n) is 3.97. The molecule has 0 aliphatic carbocycles. The summed E-state index contributed by atoms with van der Waals surface area (Å²) < 4.78 is 0. The molecule has 1 aromatic rings. The summed E-state index contributed by atoms with van der Waals surface area (Å²) in [6.07, 6.45) is 1.38. The van der Waals surface area contributed by atoms with Gasteiger partial charge in [0.1, 0.15) is 0 Å². The van der Waals surface area contributed by atoms with Gasteiger partial charge in [-0.15, -0.1) is 0 Å². The number of rotatable bonds is 0. The maximum Gasteiger partial charge on any atom is 0.0621 e. The molecule has 2 rings (SSSR count). The van der Waals surface area contributed by atoms with Crippen molar-refractivity contribution in [2.24, 2.45) is 5.92 Å². The molecule has 98 valence electrons. The maximum atomic E-state index is 5.75. The number of hydrogen-bond donors (Lipinski definition) is 1. The van der Waals surface area contributed by atoms with Crippen molar-refractivity contribution in [1.29, 1.82) is 0 Å². The van der Waals surface area contributed by atoms with Crippen molar-refractivity contribution in [2.45, 2.75) is 34.1 Å². The van der Waals surface area contributed by atoms with Gasteiger partial charge < -0.3 is 5.32 Å². The lowest BCUT2D eigenvalue weighted by molar-refractivity contribution is 0.651. The molecule has 1 heterocycles. The van der Waals surface area contributed by atoms with Crippen LogP contribution in [-0.4, -0.2) is 13.1 Å². The monoisotopic (exact) mass is 275 g/mol. The van der Waals surface area contributed by atoms with E-state index in [-0.39, 0.29) is 0 Å². The van der Waals surface area contributed by atoms with Crippen molar-refractivity contribution in [3.63, 3.8) is 0 Å². The molecule has 0 amide bonds. The Morgan fingerprint density at radius 3 is 2.18 bits per heavy atom. The first-order chi connectivity index (χ1) is 8.11. The van der Waals surface area contributed by atoms with Crippen molar-refractivity contribution < 1.29 is 0 Å². The van der Waals surface area contributed by atoms with E-state index < -0.39 is 0 Å². The molecule has 1 atom stereocenters. The Morgan fingerprint density at radius 1 is 1.24 bits per heavy atom. The molecule has 0 radical (unpaired) electrons. The zero-order chi connectivity index (χ0) is 13.3. The zero-order valence-corrected chi connectivity index (χ0v) is 12.7. The van der Waals surface area contributed by atoms with Gasteiger partial charge in [0.25, 0.3) is 0 Å². The third-order valence-electron chi connectivity index (χ3n) is 2.45. The molecule has 1 unspecified atom stereocenters. The molecule has 1 aliphatic rings. The molecule has 0 spiro atoms. The van der Waals surface area contributed by atoms with E-state index in [2.05, 4.69) is 12.2 Å². The summed E-state index contributed by atoms with van der Waals surface area (Å²) in [5.74, 6) is 0.935. The minimum Gasteiger partial charge on any atom is -0.316 e. The Morgan fingerprint density at radius 2 is 1.88 bits per heavy atom. The summed E-state index contributed by atoms with van der Waals surface area (Å²) in [4.78, 5) is 0. The average Bonchev–Trinajstić information content (AvgIpc) is 2.81. The van der Waals surface area contributed by atoms with Crippen molar-refractivity contribution in [3.8, 4) is 0 Å². The minimum absolute atomic E-state index is 0.622. The van der Waals surface area contributed by atoms with E-state index in [9.17, 15) is 0 Å². The summed E-state index contributed by atoms with van der Waals surface area (Å²) in [6, 6.07) is 5.58. The van der Waals surface area contributed by atoms with Crippen molar-refractivity contribution in [3.05, 3.63) is 33.8 Å². The highest BCUT2D eigenvalue weighted by Gasteiger charge is 2.06. The molecule has 1 fully saturated rings. The van der Waals surface area contributed by atoms with E-state index in [0.29, 0.717) is 10.0 Å². The van der Waals surface area contributed by atoms with Crippen LogP contribution >= 0.6 is 23.2 Å². The Balaban J connectivity index is 0.000000278. The van der Waals surface area contributed by atoms with Crippen LogP contribution in [0.3, 0.4) is 0 Å². The van der Waals surface area contributed by atoms with Crippen LogP contribution < -0.4 is 5.32 Å². The predicted octanol–water partition coefficient (Wildman–Crippen LogP) is 4.94. The second-order valence-corrected chi connectivity index (χ2v) is 4.75. The quantitative estimate of drug-likeness (QED) is 0.707. The molecule has 0 aromatic heterocycles. The van der Waals surface area contributed by atoms with Crippen LogP contribution in [0.4, 0.5) is 0 Å². The van der Waals surface area contributed by atoms with E-state index in [4.69, 9.17) is 23.2 Å². The lowest BCUT2D eigenvalue weighted by atomic mass is 10.2. The van der Waals surface area contributed by atoms with Gasteiger partial charge in [-0.05, 0) is 44.0 Å². The number of hydrogen-bond acceptors (Lipinski definition) is 1. The Kier molecular flexibility index (Phi) is 9.62. The van der Waals surface area contributed by atoms with E-state index in [1.165, 1.54) is 19.5 Å². The molecule has 0 saturated carbocycles. The molecule has 1 aromatic carbocycles. The molecule has 1 nitrogen and oxygen atoms in total. The number of aryl methyl sites for hydroxylation is 1. The van der Waals surface area contributed by atoms with Crippen molar-refractivity contribution in [1.82, 2.24) is 5.32 Å². The van der Waals surface area contributed by atoms with Gasteiger partial charge in [0.05, 0.1) is 10.0 Å². The average molecular weight is 276 g/mol. The Labute approximate surface area is 116 Å². The molecule has 0 bridgehead atoms. The summed E-state index contributed by atoms with van der Waals surface area (Å²) >= 11 is 11.4. The summed E-state index contributed by atoms with van der Waals surface area (Å²) in [5, 5.41) is 4.55. The van der Waals surface area contributed by atoms with E-state index in [1.54, 1.807) is 6.07 Å². The predicted molar refractivity (Wildman–Crippen MR) is 79.2 cm³/mol. The van der Waals surface area contributed by atoms with Crippen molar-refractivity contribution in [2.75, 3.05) is 13.1 Å². The normalized spacial score (nSPS) is 17.6. The first-order valence-corrected chi connectivity index (χ1v) is 6.98. The maximum absolute atomic E-state index is 5.75. The number of nitrogens with one attached hydrogen (secondary N) is 1. The standard InChI is InChI=1S/C7H6Cl2.C5H11N.C2H6/c1-5-3-2-4-6(8)7(5)9;1-5-2-3-6-4-5;1-2/h2-4H,1H3;5-6H,2-4H2,1H3;1-2H3. The van der Waals surface area contributed by atoms with Crippen molar-refractivity contribution >= 4 is 23.2 Å². The third kappa shape index (κ3) is 6.92. The summed E-state index contributed by atoms with van der Waals surface area (Å²) in [5.41, 5.74) is 1.02. The van der Waals surface area contributed by atoms with Gasteiger partial charge in [-0.2, -0.15) is 0 Å². The molecule has 1 saturated heterocycles. The lowest BCUT2D eigenvalue weighted by Crippen LogP contribution is -2.06. The summed E-state index contributed by atoms with van der Waals surface area (Å²) in [7, 11) is 0. The van der Waals surface area contributed by atoms with Crippen LogP contribution in [0.5, 0.6) is 0 Å². The van der Waals surface area contributed by atoms with Gasteiger partial charge in [0.15, 0.2) is 0 Å². The largest absolute Gasteiger partial charge is 0.316 e. The van der Waals surface area contributed by atoms with Crippen LogP contribution in [0.25, 0.3) is 0 Å². The molecule has 1 N–H and O–H groups in total. The van der Waals surface area contributed by atoms with E-state index >= 15 is 0 Å². The molecule has 1 aliphatic heterocycles. The highest BCUT2D eigenvalue weighted by molar-refractivity contribution is 6.42. The number of benzene rings is 1. The highest BCUT2D eigenvalue weighted by Crippen LogP contribution is 2.24. The van der Waals surface area contributed by atoms with Gasteiger partial charge in [-0.3, -0.25) is 0 Å². The van der Waals surface area contributed by atoms with Gasteiger partial charge in [0, 0.05) is 0 Å². The third-order valence-corrected chi connectivity index (χ3v) is 3.36. The Bertz CT molecular complexity index is 287. The fraction of sp³-hybridized carbons (Fsp3) is 0.571. The van der Waals surface area contributed by atoms with Crippen LogP contribution in [0, 0.1) is 12.8 Å². The Hall–Kier alpha value is -0.240. The molecular weight excluding hydrogens is 253 g/mol. The number of halogens is 2. The summed E-state index contributed by atoms with van der Waals surface area (Å²) in [6.45, 7) is 10.7. The topological polar surface area (TPSA) is 12.0 Å². The van der Waals surface area contributed by atoms with Crippen LogP contribution in [-0.2, 0) is 0 Å².